The van der Waals surface area contributed by atoms with Gasteiger partial charge in [-0.15, -0.1) is 0 Å². The van der Waals surface area contributed by atoms with E-state index in [1.807, 2.05) is 0 Å². The van der Waals surface area contributed by atoms with Gasteiger partial charge in [0.25, 0.3) is 0 Å². The van der Waals surface area contributed by atoms with Crippen LogP contribution in [0.15, 0.2) is 30.5 Å². The molecule has 0 aliphatic carbocycles. The fourth-order valence-corrected chi connectivity index (χ4v) is 4.08. The molecule has 0 saturated carbocycles. The molecule has 4 nitrogen and oxygen atoms in total. The molecule has 3 N–H and O–H groups in total. The number of nitrogens with one attached hydrogen (secondary N) is 1. The lowest BCUT2D eigenvalue weighted by molar-refractivity contribution is -0.137. The zero-order chi connectivity index (χ0) is 23.9. The number of hydrogen-bond acceptors (Lipinski definition) is 3. The number of benzene rings is 1. The summed E-state index contributed by atoms with van der Waals surface area (Å²) in [6.07, 6.45) is 12.8. The topological polar surface area (TPSA) is 71.8 Å². The molecule has 2 rings (SSSR count). The van der Waals surface area contributed by atoms with Gasteiger partial charge in [0.15, 0.2) is 0 Å². The predicted molar refractivity (Wildman–Crippen MR) is 127 cm³/mol. The van der Waals surface area contributed by atoms with Gasteiger partial charge in [-0.2, -0.15) is 18.3 Å². The highest BCUT2D eigenvalue weighted by Crippen LogP contribution is 2.29. The van der Waals surface area contributed by atoms with Crippen LogP contribution in [0.4, 0.5) is 19.0 Å². The SMILES string of the molecule is Nc1[nH]ncc1CC(=O)CCCCCCCCCCCCCCc1cccc(C(F)(F)F)c1. The molecule has 33 heavy (non-hydrogen) atoms. The van der Waals surface area contributed by atoms with E-state index in [9.17, 15) is 18.0 Å². The molecule has 0 atom stereocenters. The van der Waals surface area contributed by atoms with Crippen LogP contribution in [-0.2, 0) is 23.8 Å². The molecule has 0 bridgehead atoms. The highest BCUT2D eigenvalue weighted by molar-refractivity contribution is 5.81. The second-order valence-electron chi connectivity index (χ2n) is 8.97. The van der Waals surface area contributed by atoms with Crippen LogP contribution in [0.1, 0.15) is 100 Å². The molecule has 0 spiro atoms. The first kappa shape index (κ1) is 26.9. The second-order valence-corrected chi connectivity index (χ2v) is 8.97. The maximum absolute atomic E-state index is 12.7. The third-order valence-electron chi connectivity index (χ3n) is 6.06. The molecular formula is C26H38F3N3O. The molecule has 184 valence electrons. The van der Waals surface area contributed by atoms with Crippen LogP contribution in [0.25, 0.3) is 0 Å². The van der Waals surface area contributed by atoms with Crippen LogP contribution in [0.3, 0.4) is 0 Å². The summed E-state index contributed by atoms with van der Waals surface area (Å²) in [6, 6.07) is 5.68. The fourth-order valence-electron chi connectivity index (χ4n) is 4.08. The standard InChI is InChI=1S/C26H38F3N3O/c27-26(28,29)23-16-13-15-21(18-23)14-11-9-7-5-3-1-2-4-6-8-10-12-17-24(33)19-22-20-31-32-25(22)30/h13,15-16,18,20H,1-12,14,17,19H2,(H3,30,31,32). The van der Waals surface area contributed by atoms with Gasteiger partial charge >= 0.3 is 6.18 Å². The van der Waals surface area contributed by atoms with Gasteiger partial charge in [0, 0.05) is 18.4 Å². The number of H-pyrrole nitrogens is 1. The van der Waals surface area contributed by atoms with E-state index < -0.39 is 11.7 Å². The predicted octanol–water partition coefficient (Wildman–Crippen LogP) is 7.44. The van der Waals surface area contributed by atoms with Crippen LogP contribution in [0, 0.1) is 0 Å². The summed E-state index contributed by atoms with van der Waals surface area (Å²) in [7, 11) is 0. The number of hydrogen-bond donors (Lipinski definition) is 2. The molecule has 0 unspecified atom stereocenters. The minimum atomic E-state index is -4.26. The second kappa shape index (κ2) is 14.8. The molecule has 1 aromatic heterocycles. The van der Waals surface area contributed by atoms with Gasteiger partial charge < -0.3 is 5.73 Å². The first-order valence-corrected chi connectivity index (χ1v) is 12.3. The zero-order valence-corrected chi connectivity index (χ0v) is 19.6. The summed E-state index contributed by atoms with van der Waals surface area (Å²) >= 11 is 0. The van der Waals surface area contributed by atoms with Gasteiger partial charge in [0.05, 0.1) is 11.8 Å². The lowest BCUT2D eigenvalue weighted by Crippen LogP contribution is -2.05. The van der Waals surface area contributed by atoms with Crippen molar-refractivity contribution in [2.45, 2.75) is 102 Å². The molecule has 0 aliphatic heterocycles. The molecule has 1 aromatic carbocycles. The lowest BCUT2D eigenvalue weighted by atomic mass is 10.0. The molecule has 2 aromatic rings. The Balaban J connectivity index is 1.35. The Labute approximate surface area is 195 Å². The van der Waals surface area contributed by atoms with Crippen LogP contribution in [0.5, 0.6) is 0 Å². The average Bonchev–Trinajstić information content (AvgIpc) is 3.17. The molecule has 0 radical (unpaired) electrons. The highest BCUT2D eigenvalue weighted by Gasteiger charge is 2.30. The van der Waals surface area contributed by atoms with Gasteiger partial charge in [-0.05, 0) is 30.9 Å². The number of aromatic amines is 1. The summed E-state index contributed by atoms with van der Waals surface area (Å²) in [4.78, 5) is 11.9. The molecule has 7 heteroatoms. The van der Waals surface area contributed by atoms with Crippen molar-refractivity contribution in [3.63, 3.8) is 0 Å². The Morgan fingerprint density at radius 3 is 2.00 bits per heavy atom. The van der Waals surface area contributed by atoms with Crippen molar-refractivity contribution in [3.8, 4) is 0 Å². The van der Waals surface area contributed by atoms with Gasteiger partial charge in [-0.3, -0.25) is 9.89 Å². The number of nitrogens with zero attached hydrogens (tertiary/aromatic N) is 1. The number of ketones is 1. The van der Waals surface area contributed by atoms with Crippen LogP contribution >= 0.6 is 0 Å². The van der Waals surface area contributed by atoms with Crippen LogP contribution < -0.4 is 5.73 Å². The average molecular weight is 466 g/mol. The fraction of sp³-hybridized carbons (Fsp3) is 0.615. The van der Waals surface area contributed by atoms with Crippen molar-refractivity contribution in [2.24, 2.45) is 0 Å². The molecule has 1 heterocycles. The number of unbranched alkanes of at least 4 members (excludes halogenated alkanes) is 11. The van der Waals surface area contributed by atoms with Gasteiger partial charge in [-0.1, -0.05) is 82.4 Å². The van der Waals surface area contributed by atoms with E-state index in [0.717, 1.165) is 49.3 Å². The number of alkyl halides is 3. The number of halogens is 3. The van der Waals surface area contributed by atoms with E-state index in [2.05, 4.69) is 10.2 Å². The molecule has 0 saturated heterocycles. The van der Waals surface area contributed by atoms with Gasteiger partial charge in [0.1, 0.15) is 11.6 Å². The van der Waals surface area contributed by atoms with E-state index >= 15 is 0 Å². The number of carbonyl (C=O) groups excluding carboxylic acids is 1. The Morgan fingerprint density at radius 2 is 1.45 bits per heavy atom. The summed E-state index contributed by atoms with van der Waals surface area (Å²) in [5.41, 5.74) is 6.71. The summed E-state index contributed by atoms with van der Waals surface area (Å²) in [5.74, 6) is 0.705. The monoisotopic (exact) mass is 465 g/mol. The largest absolute Gasteiger partial charge is 0.416 e. The van der Waals surface area contributed by atoms with Crippen molar-refractivity contribution in [1.29, 1.82) is 0 Å². The van der Waals surface area contributed by atoms with Crippen LogP contribution in [-0.4, -0.2) is 16.0 Å². The number of rotatable bonds is 17. The third-order valence-corrected chi connectivity index (χ3v) is 6.06. The molecular weight excluding hydrogens is 427 g/mol. The van der Waals surface area contributed by atoms with Crippen molar-refractivity contribution in [3.05, 3.63) is 47.2 Å². The third kappa shape index (κ3) is 11.4. The number of Topliss-reactive ketones (excluding diaryl/α,β-unsaturated/α-hetero) is 1. The summed E-state index contributed by atoms with van der Waals surface area (Å²) in [5, 5.41) is 6.48. The molecule has 0 aliphatic rings. The smallest absolute Gasteiger partial charge is 0.384 e. The number of anilines is 1. The van der Waals surface area contributed by atoms with Crippen molar-refractivity contribution >= 4 is 11.6 Å². The highest BCUT2D eigenvalue weighted by atomic mass is 19.4. The zero-order valence-electron chi connectivity index (χ0n) is 19.6. The number of aryl methyl sites for hydroxylation is 1. The maximum Gasteiger partial charge on any atom is 0.416 e. The minimum Gasteiger partial charge on any atom is -0.384 e. The minimum absolute atomic E-state index is 0.220. The Morgan fingerprint density at radius 1 is 0.879 bits per heavy atom. The van der Waals surface area contributed by atoms with Crippen molar-refractivity contribution in [2.75, 3.05) is 5.73 Å². The van der Waals surface area contributed by atoms with Crippen LogP contribution in [0.2, 0.25) is 0 Å². The van der Waals surface area contributed by atoms with Gasteiger partial charge in [-0.25, -0.2) is 0 Å². The number of nitrogen functional groups attached to an aromatic ring is 1. The lowest BCUT2D eigenvalue weighted by Gasteiger charge is -2.08. The number of aromatic nitrogens is 2. The molecule has 0 amide bonds. The van der Waals surface area contributed by atoms with E-state index in [4.69, 9.17) is 5.73 Å². The van der Waals surface area contributed by atoms with Gasteiger partial charge in [0.2, 0.25) is 0 Å². The van der Waals surface area contributed by atoms with E-state index in [0.29, 0.717) is 25.1 Å². The Hall–Kier alpha value is -2.31. The summed E-state index contributed by atoms with van der Waals surface area (Å²) < 4.78 is 38.2. The number of nitrogens with two attached hydrogens (primary N) is 1. The first-order chi connectivity index (χ1) is 15.9. The Bertz CT molecular complexity index is 817. The maximum atomic E-state index is 12.7. The Kier molecular flexibility index (Phi) is 12.0. The normalized spacial score (nSPS) is 11.7. The van der Waals surface area contributed by atoms with E-state index in [1.165, 1.54) is 57.1 Å². The first-order valence-electron chi connectivity index (χ1n) is 12.3. The van der Waals surface area contributed by atoms with Crippen molar-refractivity contribution in [1.82, 2.24) is 10.2 Å². The number of carbonyl (C=O) groups is 1. The van der Waals surface area contributed by atoms with E-state index in [-0.39, 0.29) is 5.78 Å². The van der Waals surface area contributed by atoms with E-state index in [1.54, 1.807) is 12.3 Å². The summed E-state index contributed by atoms with van der Waals surface area (Å²) in [6.45, 7) is 0. The molecule has 0 fully saturated rings. The van der Waals surface area contributed by atoms with Crippen molar-refractivity contribution < 1.29 is 18.0 Å². The quantitative estimate of drug-likeness (QED) is 0.239.